The molecule has 30 heavy (non-hydrogen) atoms. The number of imide groups is 1. The SMILES string of the molecule is COc1cc(OC)c(OC)cc1/C=C1\SC(=O)N(CCOc2ccccc2Cl)C1=O. The fraction of sp³-hybridized carbons (Fsp3) is 0.238. The molecule has 1 aliphatic heterocycles. The van der Waals surface area contributed by atoms with Crippen LogP contribution in [0, 0.1) is 0 Å². The Labute approximate surface area is 183 Å². The molecular weight excluding hydrogens is 430 g/mol. The van der Waals surface area contributed by atoms with Crippen molar-refractivity contribution in [3.63, 3.8) is 0 Å². The summed E-state index contributed by atoms with van der Waals surface area (Å²) in [7, 11) is 4.55. The zero-order valence-electron chi connectivity index (χ0n) is 16.6. The van der Waals surface area contributed by atoms with Gasteiger partial charge in [0.05, 0.1) is 37.8 Å². The smallest absolute Gasteiger partial charge is 0.293 e. The molecule has 0 unspecified atom stereocenters. The van der Waals surface area contributed by atoms with Gasteiger partial charge >= 0.3 is 0 Å². The molecule has 0 aromatic heterocycles. The van der Waals surface area contributed by atoms with Crippen molar-refractivity contribution in [2.45, 2.75) is 0 Å². The summed E-state index contributed by atoms with van der Waals surface area (Å²) in [5, 5.41) is 0.0977. The van der Waals surface area contributed by atoms with Gasteiger partial charge in [-0.2, -0.15) is 0 Å². The monoisotopic (exact) mass is 449 g/mol. The number of rotatable bonds is 8. The van der Waals surface area contributed by atoms with Crippen molar-refractivity contribution in [2.24, 2.45) is 0 Å². The van der Waals surface area contributed by atoms with Crippen molar-refractivity contribution in [2.75, 3.05) is 34.5 Å². The van der Waals surface area contributed by atoms with Crippen LogP contribution < -0.4 is 18.9 Å². The Balaban J connectivity index is 1.75. The van der Waals surface area contributed by atoms with Gasteiger partial charge in [-0.1, -0.05) is 23.7 Å². The molecule has 0 spiro atoms. The van der Waals surface area contributed by atoms with Crippen LogP contribution in [-0.4, -0.2) is 50.5 Å². The molecule has 3 rings (SSSR count). The Morgan fingerprint density at radius 2 is 1.63 bits per heavy atom. The third-order valence-electron chi connectivity index (χ3n) is 4.31. The molecule has 1 saturated heterocycles. The third-order valence-corrected chi connectivity index (χ3v) is 5.52. The van der Waals surface area contributed by atoms with E-state index in [1.807, 2.05) is 0 Å². The van der Waals surface area contributed by atoms with Crippen molar-refractivity contribution in [3.05, 3.63) is 51.9 Å². The van der Waals surface area contributed by atoms with E-state index in [0.29, 0.717) is 33.6 Å². The molecule has 1 heterocycles. The van der Waals surface area contributed by atoms with Gasteiger partial charge in [0, 0.05) is 11.6 Å². The molecule has 2 amide bonds. The van der Waals surface area contributed by atoms with Crippen molar-refractivity contribution < 1.29 is 28.5 Å². The maximum absolute atomic E-state index is 12.7. The van der Waals surface area contributed by atoms with Crippen LogP contribution in [0.25, 0.3) is 6.08 Å². The van der Waals surface area contributed by atoms with Gasteiger partial charge in [-0.3, -0.25) is 14.5 Å². The van der Waals surface area contributed by atoms with Gasteiger partial charge in [0.15, 0.2) is 11.5 Å². The first kappa shape index (κ1) is 21.9. The quantitative estimate of drug-likeness (QED) is 0.550. The Bertz CT molecular complexity index is 993. The lowest BCUT2D eigenvalue weighted by atomic mass is 10.1. The molecule has 9 heteroatoms. The summed E-state index contributed by atoms with van der Waals surface area (Å²) in [5.41, 5.74) is 0.591. The average Bonchev–Trinajstić information content (AvgIpc) is 3.02. The number of hydrogen-bond acceptors (Lipinski definition) is 7. The fourth-order valence-corrected chi connectivity index (χ4v) is 3.85. The van der Waals surface area contributed by atoms with E-state index in [2.05, 4.69) is 0 Å². The summed E-state index contributed by atoms with van der Waals surface area (Å²) in [6.07, 6.45) is 1.60. The van der Waals surface area contributed by atoms with Crippen LogP contribution in [0.15, 0.2) is 41.3 Å². The number of thioether (sulfide) groups is 1. The van der Waals surface area contributed by atoms with Crippen LogP contribution in [0.3, 0.4) is 0 Å². The van der Waals surface area contributed by atoms with Crippen LogP contribution in [0.5, 0.6) is 23.0 Å². The molecule has 1 fully saturated rings. The van der Waals surface area contributed by atoms with Crippen molar-refractivity contribution in [1.82, 2.24) is 4.90 Å². The number of nitrogens with zero attached hydrogens (tertiary/aromatic N) is 1. The number of methoxy groups -OCH3 is 3. The predicted octanol–water partition coefficient (Wildman–Crippen LogP) is 4.48. The number of carbonyl (C=O) groups is 2. The Kier molecular flexibility index (Phi) is 7.12. The molecule has 0 aliphatic carbocycles. The molecule has 2 aromatic carbocycles. The van der Waals surface area contributed by atoms with Gasteiger partial charge in [-0.05, 0) is 36.0 Å². The molecule has 2 aromatic rings. The van der Waals surface area contributed by atoms with Gasteiger partial charge in [-0.15, -0.1) is 0 Å². The second-order valence-electron chi connectivity index (χ2n) is 6.06. The topological polar surface area (TPSA) is 74.3 Å². The number of carbonyl (C=O) groups excluding carboxylic acids is 2. The number of benzene rings is 2. The fourth-order valence-electron chi connectivity index (χ4n) is 2.81. The maximum atomic E-state index is 12.7. The zero-order valence-corrected chi connectivity index (χ0v) is 18.2. The summed E-state index contributed by atoms with van der Waals surface area (Å²) in [6, 6.07) is 10.4. The number of halogens is 1. The lowest BCUT2D eigenvalue weighted by Crippen LogP contribution is -2.32. The number of hydrogen-bond donors (Lipinski definition) is 0. The molecule has 1 aliphatic rings. The second-order valence-corrected chi connectivity index (χ2v) is 7.46. The minimum atomic E-state index is -0.399. The van der Waals surface area contributed by atoms with Gasteiger partial charge in [0.2, 0.25) is 0 Å². The summed E-state index contributed by atoms with van der Waals surface area (Å²) < 4.78 is 21.5. The highest BCUT2D eigenvalue weighted by atomic mass is 35.5. The first-order valence-corrected chi connectivity index (χ1v) is 10.1. The lowest BCUT2D eigenvalue weighted by molar-refractivity contribution is -0.123. The highest BCUT2D eigenvalue weighted by Gasteiger charge is 2.35. The van der Waals surface area contributed by atoms with Crippen LogP contribution in [0.2, 0.25) is 5.02 Å². The van der Waals surface area contributed by atoms with E-state index < -0.39 is 5.91 Å². The predicted molar refractivity (Wildman–Crippen MR) is 116 cm³/mol. The Morgan fingerprint density at radius 3 is 2.30 bits per heavy atom. The summed E-state index contributed by atoms with van der Waals surface area (Å²) in [4.78, 5) is 26.5. The van der Waals surface area contributed by atoms with Crippen molar-refractivity contribution >= 4 is 40.6 Å². The van der Waals surface area contributed by atoms with Crippen LogP contribution in [0.1, 0.15) is 5.56 Å². The summed E-state index contributed by atoms with van der Waals surface area (Å²) >= 11 is 6.91. The molecule has 0 saturated carbocycles. The largest absolute Gasteiger partial charge is 0.496 e. The van der Waals surface area contributed by atoms with E-state index in [4.69, 9.17) is 30.5 Å². The minimum absolute atomic E-state index is 0.107. The first-order valence-electron chi connectivity index (χ1n) is 8.91. The van der Waals surface area contributed by atoms with E-state index in [1.54, 1.807) is 42.5 Å². The summed E-state index contributed by atoms with van der Waals surface area (Å²) in [5.74, 6) is 1.57. The second kappa shape index (κ2) is 9.77. The average molecular weight is 450 g/mol. The summed E-state index contributed by atoms with van der Waals surface area (Å²) in [6.45, 7) is 0.241. The molecule has 0 radical (unpaired) electrons. The Morgan fingerprint density at radius 1 is 0.967 bits per heavy atom. The molecule has 7 nitrogen and oxygen atoms in total. The normalized spacial score (nSPS) is 14.9. The number of para-hydroxylation sites is 1. The third kappa shape index (κ3) is 4.66. The maximum Gasteiger partial charge on any atom is 0.293 e. The molecule has 158 valence electrons. The van der Waals surface area contributed by atoms with Crippen LogP contribution >= 0.6 is 23.4 Å². The van der Waals surface area contributed by atoms with Gasteiger partial charge in [-0.25, -0.2) is 0 Å². The highest BCUT2D eigenvalue weighted by Crippen LogP contribution is 2.38. The van der Waals surface area contributed by atoms with E-state index in [0.717, 1.165) is 16.7 Å². The Hall–Kier alpha value is -2.84. The number of amides is 2. The van der Waals surface area contributed by atoms with Crippen molar-refractivity contribution in [1.29, 1.82) is 0 Å². The van der Waals surface area contributed by atoms with Gasteiger partial charge in [0.25, 0.3) is 11.1 Å². The van der Waals surface area contributed by atoms with E-state index in [1.165, 1.54) is 21.3 Å². The van der Waals surface area contributed by atoms with E-state index >= 15 is 0 Å². The highest BCUT2D eigenvalue weighted by molar-refractivity contribution is 8.18. The molecule has 0 N–H and O–H groups in total. The molecular formula is C21H20ClNO6S. The molecule has 0 bridgehead atoms. The van der Waals surface area contributed by atoms with Crippen molar-refractivity contribution in [3.8, 4) is 23.0 Å². The standard InChI is InChI=1S/C21H20ClNO6S/c1-26-16-12-18(28-3)17(27-2)10-13(16)11-19-20(24)23(21(25)30-19)8-9-29-15-7-5-4-6-14(15)22/h4-7,10-12H,8-9H2,1-3H3/b19-11-. The number of ether oxygens (including phenoxy) is 4. The van der Waals surface area contributed by atoms with Crippen LogP contribution in [-0.2, 0) is 4.79 Å². The first-order chi connectivity index (χ1) is 14.5. The van der Waals surface area contributed by atoms with E-state index in [9.17, 15) is 9.59 Å². The van der Waals surface area contributed by atoms with Gasteiger partial charge < -0.3 is 18.9 Å². The molecule has 0 atom stereocenters. The van der Waals surface area contributed by atoms with Gasteiger partial charge in [0.1, 0.15) is 18.1 Å². The minimum Gasteiger partial charge on any atom is -0.496 e. The van der Waals surface area contributed by atoms with E-state index in [-0.39, 0.29) is 23.3 Å². The lowest BCUT2D eigenvalue weighted by Gasteiger charge is -2.14. The van der Waals surface area contributed by atoms with Crippen LogP contribution in [0.4, 0.5) is 4.79 Å². The zero-order chi connectivity index (χ0) is 21.7.